The first-order chi connectivity index (χ1) is 8.74. The molecule has 1 unspecified atom stereocenters. The molecule has 0 aliphatic heterocycles. The Balaban J connectivity index is 2.31. The first-order valence-corrected chi connectivity index (χ1v) is 6.99. The van der Waals surface area contributed by atoms with E-state index in [-0.39, 0.29) is 12.6 Å². The van der Waals surface area contributed by atoms with Gasteiger partial charge in [-0.1, -0.05) is 0 Å². The van der Waals surface area contributed by atoms with E-state index in [0.717, 1.165) is 22.6 Å². The maximum absolute atomic E-state index is 8.94. The van der Waals surface area contributed by atoms with Crippen LogP contribution in [0.3, 0.4) is 0 Å². The summed E-state index contributed by atoms with van der Waals surface area (Å²) in [5.74, 6) is 1.48. The van der Waals surface area contributed by atoms with Gasteiger partial charge in [-0.2, -0.15) is 4.98 Å². The van der Waals surface area contributed by atoms with Crippen molar-refractivity contribution < 1.29 is 5.11 Å². The van der Waals surface area contributed by atoms with Gasteiger partial charge in [-0.3, -0.25) is 0 Å². The van der Waals surface area contributed by atoms with Crippen molar-refractivity contribution in [1.29, 1.82) is 0 Å². The van der Waals surface area contributed by atoms with Gasteiger partial charge in [0.2, 0.25) is 5.95 Å². The summed E-state index contributed by atoms with van der Waals surface area (Å²) in [4.78, 5) is 9.89. The van der Waals surface area contributed by atoms with E-state index >= 15 is 0 Å². The molecule has 2 heterocycles. The predicted octanol–water partition coefficient (Wildman–Crippen LogP) is 2.31. The number of rotatable bonds is 6. The predicted molar refractivity (Wildman–Crippen MR) is 76.4 cm³/mol. The van der Waals surface area contributed by atoms with Crippen molar-refractivity contribution in [3.05, 3.63) is 11.4 Å². The van der Waals surface area contributed by atoms with E-state index in [4.69, 9.17) is 5.11 Å². The van der Waals surface area contributed by atoms with Gasteiger partial charge >= 0.3 is 0 Å². The highest BCUT2D eigenvalue weighted by atomic mass is 32.1. The minimum atomic E-state index is 0.173. The van der Waals surface area contributed by atoms with Crippen LogP contribution in [0.15, 0.2) is 11.4 Å². The molecule has 0 aliphatic carbocycles. The van der Waals surface area contributed by atoms with Gasteiger partial charge in [-0.05, 0) is 31.7 Å². The first-order valence-electron chi connectivity index (χ1n) is 6.11. The molecule has 18 heavy (non-hydrogen) atoms. The molecule has 5 nitrogen and oxygen atoms in total. The fourth-order valence-electron chi connectivity index (χ4n) is 1.70. The summed E-state index contributed by atoms with van der Waals surface area (Å²) in [6.45, 7) is 5.02. The number of hydrogen-bond donors (Lipinski definition) is 3. The molecule has 98 valence electrons. The molecule has 0 amide bonds. The minimum Gasteiger partial charge on any atom is -0.396 e. The van der Waals surface area contributed by atoms with E-state index < -0.39 is 0 Å². The van der Waals surface area contributed by atoms with Crippen molar-refractivity contribution in [2.75, 3.05) is 23.8 Å². The second kappa shape index (κ2) is 5.97. The molecule has 3 N–H and O–H groups in total. The van der Waals surface area contributed by atoms with Crippen molar-refractivity contribution >= 4 is 33.3 Å². The zero-order chi connectivity index (χ0) is 13.0. The van der Waals surface area contributed by atoms with Crippen LogP contribution in [0, 0.1) is 0 Å². The zero-order valence-corrected chi connectivity index (χ0v) is 11.4. The molecule has 0 saturated heterocycles. The molecule has 0 fully saturated rings. The number of aliphatic hydroxyl groups is 1. The lowest BCUT2D eigenvalue weighted by Gasteiger charge is -2.14. The zero-order valence-electron chi connectivity index (χ0n) is 10.6. The Kier molecular flexibility index (Phi) is 4.33. The fourth-order valence-corrected chi connectivity index (χ4v) is 2.47. The molecule has 6 heteroatoms. The summed E-state index contributed by atoms with van der Waals surface area (Å²) in [7, 11) is 0. The molecule has 0 radical (unpaired) electrons. The first kappa shape index (κ1) is 13.0. The molecule has 2 aromatic rings. The van der Waals surface area contributed by atoms with Crippen LogP contribution in [0.25, 0.3) is 10.2 Å². The van der Waals surface area contributed by atoms with Gasteiger partial charge in [-0.15, -0.1) is 11.3 Å². The Morgan fingerprint density at radius 1 is 1.44 bits per heavy atom. The standard InChI is InChI=1S/C12H18N4OS/c1-3-13-12-15-10(14-8(2)4-6-17)9-5-7-18-11(9)16-12/h5,7-8,17H,3-4,6H2,1-2H3,(H2,13,14,15,16). The van der Waals surface area contributed by atoms with Gasteiger partial charge in [0.05, 0.1) is 5.39 Å². The number of fused-ring (bicyclic) bond motifs is 1. The second-order valence-electron chi connectivity index (χ2n) is 4.12. The average Bonchev–Trinajstić information content (AvgIpc) is 2.78. The monoisotopic (exact) mass is 266 g/mol. The third-order valence-electron chi connectivity index (χ3n) is 2.61. The number of nitrogens with zero attached hydrogens (tertiary/aromatic N) is 2. The Bertz CT molecular complexity index is 514. The average molecular weight is 266 g/mol. The number of aromatic nitrogens is 2. The lowest BCUT2D eigenvalue weighted by molar-refractivity contribution is 0.282. The largest absolute Gasteiger partial charge is 0.396 e. The Hall–Kier alpha value is -1.40. The van der Waals surface area contributed by atoms with E-state index in [1.165, 1.54) is 0 Å². The molecule has 1 atom stereocenters. The van der Waals surface area contributed by atoms with Gasteiger partial charge in [0, 0.05) is 19.2 Å². The van der Waals surface area contributed by atoms with Crippen LogP contribution in [0.4, 0.5) is 11.8 Å². The smallest absolute Gasteiger partial charge is 0.226 e. The van der Waals surface area contributed by atoms with Crippen LogP contribution in [-0.2, 0) is 0 Å². The van der Waals surface area contributed by atoms with E-state index in [9.17, 15) is 0 Å². The highest BCUT2D eigenvalue weighted by molar-refractivity contribution is 7.16. The Labute approximate surface area is 110 Å². The van der Waals surface area contributed by atoms with Crippen LogP contribution < -0.4 is 10.6 Å². The minimum absolute atomic E-state index is 0.173. The van der Waals surface area contributed by atoms with E-state index in [2.05, 4.69) is 20.6 Å². The van der Waals surface area contributed by atoms with Gasteiger partial charge in [0.1, 0.15) is 10.6 Å². The van der Waals surface area contributed by atoms with Gasteiger partial charge in [-0.25, -0.2) is 4.98 Å². The molecular weight excluding hydrogens is 248 g/mol. The number of anilines is 2. The molecule has 0 aliphatic rings. The summed E-state index contributed by atoms with van der Waals surface area (Å²) in [6, 6.07) is 2.20. The van der Waals surface area contributed by atoms with Crippen molar-refractivity contribution in [2.24, 2.45) is 0 Å². The molecule has 0 saturated carbocycles. The molecule has 0 aromatic carbocycles. The third kappa shape index (κ3) is 2.88. The number of hydrogen-bond acceptors (Lipinski definition) is 6. The summed E-state index contributed by atoms with van der Waals surface area (Å²) in [5.41, 5.74) is 0. The van der Waals surface area contributed by atoms with E-state index in [0.29, 0.717) is 12.4 Å². The van der Waals surface area contributed by atoms with Crippen LogP contribution in [0.2, 0.25) is 0 Å². The van der Waals surface area contributed by atoms with E-state index in [1.54, 1.807) is 11.3 Å². The molecule has 2 rings (SSSR count). The van der Waals surface area contributed by atoms with Crippen LogP contribution >= 0.6 is 11.3 Å². The topological polar surface area (TPSA) is 70.1 Å². The SMILES string of the molecule is CCNc1nc(NC(C)CCO)c2ccsc2n1. The summed E-state index contributed by atoms with van der Waals surface area (Å²) >= 11 is 1.60. The lowest BCUT2D eigenvalue weighted by atomic mass is 10.2. The van der Waals surface area contributed by atoms with Crippen molar-refractivity contribution in [3.63, 3.8) is 0 Å². The summed E-state index contributed by atoms with van der Waals surface area (Å²) in [5, 5.41) is 18.4. The molecule has 0 bridgehead atoms. The van der Waals surface area contributed by atoms with Gasteiger partial charge < -0.3 is 15.7 Å². The van der Waals surface area contributed by atoms with Crippen molar-refractivity contribution in [1.82, 2.24) is 9.97 Å². The summed E-state index contributed by atoms with van der Waals surface area (Å²) in [6.07, 6.45) is 0.701. The number of thiophene rings is 1. The molecular formula is C12H18N4OS. The maximum Gasteiger partial charge on any atom is 0.226 e. The van der Waals surface area contributed by atoms with Crippen LogP contribution in [-0.4, -0.2) is 34.3 Å². The van der Waals surface area contributed by atoms with E-state index in [1.807, 2.05) is 25.3 Å². The molecule has 2 aromatic heterocycles. The lowest BCUT2D eigenvalue weighted by Crippen LogP contribution is -2.18. The number of aliphatic hydroxyl groups excluding tert-OH is 1. The molecule has 0 spiro atoms. The van der Waals surface area contributed by atoms with Crippen molar-refractivity contribution in [2.45, 2.75) is 26.3 Å². The van der Waals surface area contributed by atoms with Crippen LogP contribution in [0.5, 0.6) is 0 Å². The fraction of sp³-hybridized carbons (Fsp3) is 0.500. The number of nitrogens with one attached hydrogen (secondary N) is 2. The van der Waals surface area contributed by atoms with Crippen molar-refractivity contribution in [3.8, 4) is 0 Å². The normalized spacial score (nSPS) is 12.6. The quantitative estimate of drug-likeness (QED) is 0.748. The summed E-state index contributed by atoms with van der Waals surface area (Å²) < 4.78 is 0. The Morgan fingerprint density at radius 2 is 2.28 bits per heavy atom. The maximum atomic E-state index is 8.94. The van der Waals surface area contributed by atoms with Gasteiger partial charge in [0.15, 0.2) is 0 Å². The third-order valence-corrected chi connectivity index (χ3v) is 3.41. The highest BCUT2D eigenvalue weighted by Gasteiger charge is 2.10. The Morgan fingerprint density at radius 3 is 3.00 bits per heavy atom. The van der Waals surface area contributed by atoms with Crippen LogP contribution in [0.1, 0.15) is 20.3 Å². The highest BCUT2D eigenvalue weighted by Crippen LogP contribution is 2.27. The van der Waals surface area contributed by atoms with Gasteiger partial charge in [0.25, 0.3) is 0 Å². The second-order valence-corrected chi connectivity index (χ2v) is 5.02.